The fourth-order valence-electron chi connectivity index (χ4n) is 1.94. The molecule has 0 unspecified atom stereocenters. The van der Waals surface area contributed by atoms with Gasteiger partial charge >= 0.3 is 0 Å². The van der Waals surface area contributed by atoms with Crippen LogP contribution in [0, 0.1) is 5.92 Å². The number of aliphatic hydroxyl groups is 1. The van der Waals surface area contributed by atoms with E-state index in [1.807, 2.05) is 0 Å². The third kappa shape index (κ3) is 3.32. The highest BCUT2D eigenvalue weighted by atomic mass is 79.9. The first kappa shape index (κ1) is 14.0. The molecule has 0 saturated heterocycles. The van der Waals surface area contributed by atoms with Crippen molar-refractivity contribution in [1.82, 2.24) is 4.72 Å². The smallest absolute Gasteiger partial charge is 0.240 e. The normalized spacial score (nSPS) is 23.7. The van der Waals surface area contributed by atoms with Crippen molar-refractivity contribution in [1.29, 1.82) is 0 Å². The van der Waals surface area contributed by atoms with Crippen molar-refractivity contribution >= 4 is 26.0 Å². The monoisotopic (exact) mass is 333 g/mol. The highest BCUT2D eigenvalue weighted by Crippen LogP contribution is 2.26. The maximum Gasteiger partial charge on any atom is 0.240 e. The van der Waals surface area contributed by atoms with Gasteiger partial charge in [-0.1, -0.05) is 28.1 Å². The molecule has 0 aromatic heterocycles. The van der Waals surface area contributed by atoms with Crippen molar-refractivity contribution in [3.05, 3.63) is 29.8 Å². The molecule has 0 aliphatic heterocycles. The fraction of sp³-hybridized carbons (Fsp3) is 0.500. The van der Waals surface area contributed by atoms with Crippen LogP contribution < -0.4 is 4.72 Å². The molecule has 2 N–H and O–H groups in total. The molecule has 0 amide bonds. The number of benzene rings is 1. The molecular formula is C12H16BrNO3S. The van der Waals surface area contributed by atoms with Gasteiger partial charge in [-0.25, -0.2) is 13.1 Å². The van der Waals surface area contributed by atoms with Gasteiger partial charge in [0.2, 0.25) is 10.0 Å². The molecule has 18 heavy (non-hydrogen) atoms. The van der Waals surface area contributed by atoms with E-state index in [0.29, 0.717) is 24.7 Å². The summed E-state index contributed by atoms with van der Waals surface area (Å²) < 4.78 is 26.5. The number of rotatable bonds is 5. The van der Waals surface area contributed by atoms with Gasteiger partial charge in [0.05, 0.1) is 11.0 Å². The van der Waals surface area contributed by atoms with Crippen LogP contribution >= 0.6 is 15.9 Å². The van der Waals surface area contributed by atoms with Gasteiger partial charge in [-0.3, -0.25) is 0 Å². The molecule has 0 bridgehead atoms. The Morgan fingerprint density at radius 1 is 1.28 bits per heavy atom. The van der Waals surface area contributed by atoms with Crippen molar-refractivity contribution in [2.45, 2.75) is 29.2 Å². The first-order valence-corrected chi connectivity index (χ1v) is 8.44. The minimum Gasteiger partial charge on any atom is -0.393 e. The molecule has 0 radical (unpaired) electrons. The maximum atomic E-state index is 12.0. The second kappa shape index (κ2) is 5.69. The summed E-state index contributed by atoms with van der Waals surface area (Å²) in [5.41, 5.74) is 1.04. The molecule has 100 valence electrons. The lowest BCUT2D eigenvalue weighted by atomic mass is 9.83. The van der Waals surface area contributed by atoms with Crippen LogP contribution in [0.15, 0.2) is 29.2 Å². The number of aliphatic hydroxyl groups excluding tert-OH is 1. The molecule has 1 saturated carbocycles. The Hall–Kier alpha value is -0.430. The van der Waals surface area contributed by atoms with Crippen LogP contribution in [0.2, 0.25) is 0 Å². The minimum atomic E-state index is -3.42. The molecule has 0 atom stereocenters. The van der Waals surface area contributed by atoms with Crippen molar-refractivity contribution in [2.24, 2.45) is 5.92 Å². The summed E-state index contributed by atoms with van der Waals surface area (Å²) in [5.74, 6) is 0.261. The van der Waals surface area contributed by atoms with Crippen LogP contribution in [0.4, 0.5) is 0 Å². The topological polar surface area (TPSA) is 66.4 Å². The predicted octanol–water partition coefficient (Wildman–Crippen LogP) is 1.63. The Balaban J connectivity index is 1.96. The second-order valence-electron chi connectivity index (χ2n) is 4.62. The van der Waals surface area contributed by atoms with Crippen molar-refractivity contribution < 1.29 is 13.5 Å². The highest BCUT2D eigenvalue weighted by molar-refractivity contribution is 9.08. The Labute approximate surface area is 116 Å². The lowest BCUT2D eigenvalue weighted by Crippen LogP contribution is -2.38. The Kier molecular flexibility index (Phi) is 4.42. The summed E-state index contributed by atoms with van der Waals surface area (Å²) in [4.78, 5) is 0.284. The molecule has 0 spiro atoms. The van der Waals surface area contributed by atoms with E-state index in [1.165, 1.54) is 0 Å². The Bertz CT molecular complexity index is 495. The molecule has 2 rings (SSSR count). The van der Waals surface area contributed by atoms with Gasteiger partial charge < -0.3 is 5.11 Å². The molecule has 6 heteroatoms. The molecule has 1 aliphatic carbocycles. The van der Waals surface area contributed by atoms with E-state index in [-0.39, 0.29) is 16.9 Å². The number of sulfonamides is 1. The van der Waals surface area contributed by atoms with Gasteiger partial charge in [0.1, 0.15) is 0 Å². The first-order chi connectivity index (χ1) is 8.51. The van der Waals surface area contributed by atoms with Gasteiger partial charge in [0.25, 0.3) is 0 Å². The van der Waals surface area contributed by atoms with E-state index >= 15 is 0 Å². The van der Waals surface area contributed by atoms with Crippen molar-refractivity contribution in [3.63, 3.8) is 0 Å². The van der Waals surface area contributed by atoms with E-state index < -0.39 is 10.0 Å². The third-order valence-electron chi connectivity index (χ3n) is 3.16. The maximum absolute atomic E-state index is 12.0. The molecule has 1 aliphatic rings. The summed E-state index contributed by atoms with van der Waals surface area (Å²) in [7, 11) is -3.42. The summed E-state index contributed by atoms with van der Waals surface area (Å²) in [5, 5.41) is 9.85. The van der Waals surface area contributed by atoms with Crippen LogP contribution in [0.3, 0.4) is 0 Å². The van der Waals surface area contributed by atoms with Gasteiger partial charge in [0.15, 0.2) is 0 Å². The first-order valence-electron chi connectivity index (χ1n) is 5.84. The zero-order valence-corrected chi connectivity index (χ0v) is 12.2. The number of halogens is 1. The molecule has 4 nitrogen and oxygen atoms in total. The number of alkyl halides is 1. The molecule has 0 heterocycles. The lowest BCUT2D eigenvalue weighted by Gasteiger charge is -2.31. The summed E-state index contributed by atoms with van der Waals surface area (Å²) in [6, 6.07) is 6.79. The quantitative estimate of drug-likeness (QED) is 0.805. The van der Waals surface area contributed by atoms with Crippen molar-refractivity contribution in [3.8, 4) is 0 Å². The largest absolute Gasteiger partial charge is 0.393 e. The summed E-state index contributed by atoms with van der Waals surface area (Å²) in [6.07, 6.45) is 1.12. The zero-order chi connectivity index (χ0) is 13.2. The Morgan fingerprint density at radius 3 is 2.39 bits per heavy atom. The summed E-state index contributed by atoms with van der Waals surface area (Å²) in [6.45, 7) is 0.402. The average molecular weight is 334 g/mol. The third-order valence-corrected chi connectivity index (χ3v) is 5.25. The van der Waals surface area contributed by atoms with Gasteiger partial charge in [0, 0.05) is 11.9 Å². The summed E-state index contributed by atoms with van der Waals surface area (Å²) >= 11 is 3.32. The molecule has 1 aromatic carbocycles. The highest BCUT2D eigenvalue weighted by Gasteiger charge is 2.28. The van der Waals surface area contributed by atoms with E-state index in [4.69, 9.17) is 5.11 Å². The van der Waals surface area contributed by atoms with Crippen LogP contribution in [0.25, 0.3) is 0 Å². The van der Waals surface area contributed by atoms with Crippen LogP contribution in [-0.2, 0) is 15.4 Å². The number of nitrogens with one attached hydrogen (secondary N) is 1. The van der Waals surface area contributed by atoms with Gasteiger partial charge in [-0.15, -0.1) is 0 Å². The van der Waals surface area contributed by atoms with Crippen LogP contribution in [0.5, 0.6) is 0 Å². The van der Waals surface area contributed by atoms with Crippen LogP contribution in [0.1, 0.15) is 18.4 Å². The second-order valence-corrected chi connectivity index (χ2v) is 6.95. The predicted molar refractivity (Wildman–Crippen MR) is 73.0 cm³/mol. The molecule has 1 fully saturated rings. The zero-order valence-electron chi connectivity index (χ0n) is 9.84. The van der Waals surface area contributed by atoms with Crippen molar-refractivity contribution in [2.75, 3.05) is 6.54 Å². The SMILES string of the molecule is O=S(=O)(NCC1CC(O)C1)c1ccc(CBr)cc1. The number of hydrogen-bond acceptors (Lipinski definition) is 3. The van der Waals surface area contributed by atoms with Gasteiger partial charge in [-0.05, 0) is 36.5 Å². The number of hydrogen-bond donors (Lipinski definition) is 2. The van der Waals surface area contributed by atoms with Crippen LogP contribution in [-0.4, -0.2) is 26.2 Å². The van der Waals surface area contributed by atoms with Gasteiger partial charge in [-0.2, -0.15) is 0 Å². The van der Waals surface area contributed by atoms with E-state index in [9.17, 15) is 8.42 Å². The van der Waals surface area contributed by atoms with E-state index in [0.717, 1.165) is 5.56 Å². The molecular weight excluding hydrogens is 318 g/mol. The lowest BCUT2D eigenvalue weighted by molar-refractivity contribution is 0.0453. The van der Waals surface area contributed by atoms with E-state index in [1.54, 1.807) is 24.3 Å². The minimum absolute atomic E-state index is 0.252. The standard InChI is InChI=1S/C12H16BrNO3S/c13-7-9-1-3-12(4-2-9)18(16,17)14-8-10-5-11(15)6-10/h1-4,10-11,14-15H,5-8H2. The fourth-order valence-corrected chi connectivity index (χ4v) is 3.43. The average Bonchev–Trinajstić information content (AvgIpc) is 2.33. The van der Waals surface area contributed by atoms with E-state index in [2.05, 4.69) is 20.7 Å². The molecule has 1 aromatic rings. The Morgan fingerprint density at radius 2 is 1.89 bits per heavy atom.